The van der Waals surface area contributed by atoms with Crippen LogP contribution in [0.5, 0.6) is 5.75 Å². The van der Waals surface area contributed by atoms with Gasteiger partial charge in [0, 0.05) is 16.6 Å². The standard InChI is InChI=1S/C15H14BrF2NO/c1-9(10-4-3-5-12(6-10)20-2)19-15-13(16)7-11(17)8-14(15)18/h3-9,19H,1-2H3. The number of nitrogens with one attached hydrogen (secondary N) is 1. The van der Waals surface area contributed by atoms with Crippen LogP contribution in [0.3, 0.4) is 0 Å². The van der Waals surface area contributed by atoms with E-state index < -0.39 is 11.6 Å². The number of ether oxygens (including phenoxy) is 1. The Morgan fingerprint density at radius 2 is 1.95 bits per heavy atom. The third-order valence-electron chi connectivity index (χ3n) is 2.96. The second kappa shape index (κ2) is 6.22. The van der Waals surface area contributed by atoms with Gasteiger partial charge < -0.3 is 10.1 Å². The molecule has 0 saturated carbocycles. The summed E-state index contributed by atoms with van der Waals surface area (Å²) in [5.74, 6) is -0.518. The van der Waals surface area contributed by atoms with Gasteiger partial charge in [-0.2, -0.15) is 0 Å². The molecule has 1 unspecified atom stereocenters. The summed E-state index contributed by atoms with van der Waals surface area (Å²) in [4.78, 5) is 0. The van der Waals surface area contributed by atoms with Gasteiger partial charge in [-0.25, -0.2) is 8.78 Å². The minimum Gasteiger partial charge on any atom is -0.497 e. The van der Waals surface area contributed by atoms with Crippen LogP contribution in [0, 0.1) is 11.6 Å². The molecule has 1 N–H and O–H groups in total. The molecule has 0 aliphatic carbocycles. The summed E-state index contributed by atoms with van der Waals surface area (Å²) in [6.45, 7) is 1.89. The van der Waals surface area contributed by atoms with Gasteiger partial charge in [-0.3, -0.25) is 0 Å². The molecule has 0 aliphatic heterocycles. The van der Waals surface area contributed by atoms with Crippen molar-refractivity contribution in [3.05, 3.63) is 58.1 Å². The maximum atomic E-state index is 13.8. The number of anilines is 1. The van der Waals surface area contributed by atoms with Crippen LogP contribution in [0.4, 0.5) is 14.5 Å². The van der Waals surface area contributed by atoms with Gasteiger partial charge in [-0.1, -0.05) is 12.1 Å². The van der Waals surface area contributed by atoms with Crippen molar-refractivity contribution in [3.63, 3.8) is 0 Å². The average Bonchev–Trinajstić information content (AvgIpc) is 2.42. The summed E-state index contributed by atoms with van der Waals surface area (Å²) < 4.78 is 32.3. The summed E-state index contributed by atoms with van der Waals surface area (Å²) in [6, 6.07) is 9.41. The second-order valence-corrected chi connectivity index (χ2v) is 5.24. The first-order valence-electron chi connectivity index (χ1n) is 6.06. The van der Waals surface area contributed by atoms with Gasteiger partial charge in [0.2, 0.25) is 0 Å². The second-order valence-electron chi connectivity index (χ2n) is 4.39. The molecule has 2 nitrogen and oxygen atoms in total. The van der Waals surface area contributed by atoms with Gasteiger partial charge in [0.1, 0.15) is 17.4 Å². The highest BCUT2D eigenvalue weighted by Crippen LogP contribution is 2.30. The number of benzene rings is 2. The first-order chi connectivity index (χ1) is 9.51. The van der Waals surface area contributed by atoms with E-state index in [4.69, 9.17) is 4.74 Å². The topological polar surface area (TPSA) is 21.3 Å². The van der Waals surface area contributed by atoms with Gasteiger partial charge in [-0.05, 0) is 46.6 Å². The fraction of sp³-hybridized carbons (Fsp3) is 0.200. The van der Waals surface area contributed by atoms with Crippen LogP contribution in [0.25, 0.3) is 0 Å². The normalized spacial score (nSPS) is 12.1. The van der Waals surface area contributed by atoms with E-state index >= 15 is 0 Å². The van der Waals surface area contributed by atoms with Crippen LogP contribution < -0.4 is 10.1 Å². The van der Waals surface area contributed by atoms with Gasteiger partial charge in [-0.15, -0.1) is 0 Å². The smallest absolute Gasteiger partial charge is 0.150 e. The molecule has 0 heterocycles. The van der Waals surface area contributed by atoms with Crippen molar-refractivity contribution in [1.82, 2.24) is 0 Å². The molecule has 0 radical (unpaired) electrons. The molecule has 106 valence electrons. The monoisotopic (exact) mass is 341 g/mol. The van der Waals surface area contributed by atoms with Gasteiger partial charge in [0.15, 0.2) is 0 Å². The van der Waals surface area contributed by atoms with E-state index in [1.54, 1.807) is 7.11 Å². The van der Waals surface area contributed by atoms with Gasteiger partial charge in [0.05, 0.1) is 12.8 Å². The van der Waals surface area contributed by atoms with E-state index in [1.807, 2.05) is 31.2 Å². The third kappa shape index (κ3) is 3.28. The molecule has 20 heavy (non-hydrogen) atoms. The van der Waals surface area contributed by atoms with Crippen molar-refractivity contribution in [2.45, 2.75) is 13.0 Å². The lowest BCUT2D eigenvalue weighted by atomic mass is 10.1. The Morgan fingerprint density at radius 3 is 2.60 bits per heavy atom. The van der Waals surface area contributed by atoms with Crippen molar-refractivity contribution < 1.29 is 13.5 Å². The summed E-state index contributed by atoms with van der Waals surface area (Å²) in [5, 5.41) is 3.03. The molecule has 2 aromatic carbocycles. The Hall–Kier alpha value is -1.62. The highest BCUT2D eigenvalue weighted by Gasteiger charge is 2.13. The third-order valence-corrected chi connectivity index (χ3v) is 3.59. The zero-order valence-corrected chi connectivity index (χ0v) is 12.7. The Morgan fingerprint density at radius 1 is 1.20 bits per heavy atom. The Balaban J connectivity index is 2.25. The number of hydrogen-bond donors (Lipinski definition) is 1. The van der Waals surface area contributed by atoms with E-state index in [0.717, 1.165) is 17.4 Å². The molecule has 0 fully saturated rings. The minimum atomic E-state index is -0.633. The number of halogens is 3. The molecular formula is C15H14BrF2NO. The summed E-state index contributed by atoms with van der Waals surface area (Å²) in [6.07, 6.45) is 0. The summed E-state index contributed by atoms with van der Waals surface area (Å²) in [7, 11) is 1.59. The van der Waals surface area contributed by atoms with Gasteiger partial charge in [0.25, 0.3) is 0 Å². The highest BCUT2D eigenvalue weighted by atomic mass is 79.9. The molecule has 5 heteroatoms. The highest BCUT2D eigenvalue weighted by molar-refractivity contribution is 9.10. The SMILES string of the molecule is COc1cccc(C(C)Nc2c(F)cc(F)cc2Br)c1. The van der Waals surface area contributed by atoms with Crippen molar-refractivity contribution in [3.8, 4) is 5.75 Å². The Kier molecular flexibility index (Phi) is 4.60. The molecule has 0 aliphatic rings. The number of methoxy groups -OCH3 is 1. The van der Waals surface area contributed by atoms with Gasteiger partial charge >= 0.3 is 0 Å². The van der Waals surface area contributed by atoms with E-state index in [-0.39, 0.29) is 11.7 Å². The maximum Gasteiger partial charge on any atom is 0.150 e. The van der Waals surface area contributed by atoms with Crippen LogP contribution in [0.1, 0.15) is 18.5 Å². The lowest BCUT2D eigenvalue weighted by Gasteiger charge is -2.18. The van der Waals surface area contributed by atoms with E-state index in [1.165, 1.54) is 6.07 Å². The predicted octanol–water partition coefficient (Wildman–Crippen LogP) is 4.91. The fourth-order valence-electron chi connectivity index (χ4n) is 1.89. The molecular weight excluding hydrogens is 328 g/mol. The van der Waals surface area contributed by atoms with Crippen molar-refractivity contribution >= 4 is 21.6 Å². The Labute approximate surface area is 124 Å². The lowest BCUT2D eigenvalue weighted by Crippen LogP contribution is -2.09. The molecule has 0 spiro atoms. The average molecular weight is 342 g/mol. The van der Waals surface area contributed by atoms with E-state index in [9.17, 15) is 8.78 Å². The van der Waals surface area contributed by atoms with Crippen LogP contribution in [-0.4, -0.2) is 7.11 Å². The van der Waals surface area contributed by atoms with Crippen LogP contribution >= 0.6 is 15.9 Å². The molecule has 2 rings (SSSR count). The molecule has 0 amide bonds. The molecule has 1 atom stereocenters. The molecule has 0 bridgehead atoms. The zero-order valence-electron chi connectivity index (χ0n) is 11.1. The Bertz CT molecular complexity index is 596. The fourth-order valence-corrected chi connectivity index (χ4v) is 2.41. The van der Waals surface area contributed by atoms with E-state index in [2.05, 4.69) is 21.2 Å². The number of hydrogen-bond acceptors (Lipinski definition) is 2. The first kappa shape index (κ1) is 14.8. The van der Waals surface area contributed by atoms with Crippen molar-refractivity contribution in [1.29, 1.82) is 0 Å². The van der Waals surface area contributed by atoms with Crippen LogP contribution in [-0.2, 0) is 0 Å². The number of rotatable bonds is 4. The maximum absolute atomic E-state index is 13.8. The van der Waals surface area contributed by atoms with Crippen molar-refractivity contribution in [2.75, 3.05) is 12.4 Å². The quantitative estimate of drug-likeness (QED) is 0.853. The summed E-state index contributed by atoms with van der Waals surface area (Å²) in [5.41, 5.74) is 1.18. The molecule has 0 saturated heterocycles. The first-order valence-corrected chi connectivity index (χ1v) is 6.85. The lowest BCUT2D eigenvalue weighted by molar-refractivity contribution is 0.414. The largest absolute Gasteiger partial charge is 0.497 e. The predicted molar refractivity (Wildman–Crippen MR) is 79.1 cm³/mol. The van der Waals surface area contributed by atoms with Crippen LogP contribution in [0.2, 0.25) is 0 Å². The summed E-state index contributed by atoms with van der Waals surface area (Å²) >= 11 is 3.16. The van der Waals surface area contributed by atoms with E-state index in [0.29, 0.717) is 4.47 Å². The molecule has 2 aromatic rings. The van der Waals surface area contributed by atoms with Crippen LogP contribution in [0.15, 0.2) is 40.9 Å². The zero-order chi connectivity index (χ0) is 14.7. The molecule has 0 aromatic heterocycles. The minimum absolute atomic E-state index is 0.152. The van der Waals surface area contributed by atoms with Crippen molar-refractivity contribution in [2.24, 2.45) is 0 Å².